The Hall–Kier alpha value is -4.13. The van der Waals surface area contributed by atoms with Crippen molar-refractivity contribution in [2.45, 2.75) is 6.92 Å². The van der Waals surface area contributed by atoms with Crippen LogP contribution in [0.4, 0.5) is 15.8 Å². The SMILES string of the molecule is COc1ccc(NC2=C(c3ccc(F)cc3)C(=O)N(c3cc(C)ccc3OC)C2=O)cc1. The topological polar surface area (TPSA) is 67.9 Å². The Morgan fingerprint density at radius 3 is 2.16 bits per heavy atom. The molecule has 0 saturated carbocycles. The summed E-state index contributed by atoms with van der Waals surface area (Å²) in [5.74, 6) is -0.451. The molecule has 162 valence electrons. The van der Waals surface area contributed by atoms with Gasteiger partial charge in [-0.1, -0.05) is 18.2 Å². The molecule has 7 heteroatoms. The van der Waals surface area contributed by atoms with E-state index in [4.69, 9.17) is 9.47 Å². The number of carbonyl (C=O) groups excluding carboxylic acids is 2. The van der Waals surface area contributed by atoms with Crippen LogP contribution in [-0.4, -0.2) is 26.0 Å². The molecule has 0 saturated heterocycles. The van der Waals surface area contributed by atoms with E-state index in [-0.39, 0.29) is 11.3 Å². The molecule has 6 nitrogen and oxygen atoms in total. The van der Waals surface area contributed by atoms with Crippen molar-refractivity contribution < 1.29 is 23.5 Å². The highest BCUT2D eigenvalue weighted by atomic mass is 19.1. The third kappa shape index (κ3) is 3.80. The highest BCUT2D eigenvalue weighted by Crippen LogP contribution is 2.38. The van der Waals surface area contributed by atoms with Crippen molar-refractivity contribution in [2.75, 3.05) is 24.4 Å². The van der Waals surface area contributed by atoms with Crippen molar-refractivity contribution in [2.24, 2.45) is 0 Å². The zero-order valence-corrected chi connectivity index (χ0v) is 17.8. The van der Waals surface area contributed by atoms with Gasteiger partial charge >= 0.3 is 0 Å². The van der Waals surface area contributed by atoms with Gasteiger partial charge in [0.2, 0.25) is 0 Å². The van der Waals surface area contributed by atoms with Crippen LogP contribution in [0.1, 0.15) is 11.1 Å². The zero-order valence-electron chi connectivity index (χ0n) is 17.8. The molecule has 1 N–H and O–H groups in total. The van der Waals surface area contributed by atoms with E-state index in [0.29, 0.717) is 28.4 Å². The van der Waals surface area contributed by atoms with Crippen LogP contribution < -0.4 is 19.7 Å². The lowest BCUT2D eigenvalue weighted by Gasteiger charge is -2.19. The van der Waals surface area contributed by atoms with Crippen LogP contribution in [0.5, 0.6) is 11.5 Å². The number of benzene rings is 3. The second-order valence-electron chi connectivity index (χ2n) is 7.23. The lowest BCUT2D eigenvalue weighted by molar-refractivity contribution is -0.120. The van der Waals surface area contributed by atoms with Crippen molar-refractivity contribution in [1.29, 1.82) is 0 Å². The van der Waals surface area contributed by atoms with Gasteiger partial charge in [-0.15, -0.1) is 0 Å². The molecule has 1 heterocycles. The minimum absolute atomic E-state index is 0.0929. The van der Waals surface area contributed by atoms with Gasteiger partial charge in [0.25, 0.3) is 11.8 Å². The summed E-state index contributed by atoms with van der Waals surface area (Å²) < 4.78 is 24.1. The third-order valence-corrected chi connectivity index (χ3v) is 5.15. The molecule has 0 unspecified atom stereocenters. The number of hydrogen-bond donors (Lipinski definition) is 1. The Morgan fingerprint density at radius 2 is 1.53 bits per heavy atom. The summed E-state index contributed by atoms with van der Waals surface area (Å²) in [7, 11) is 3.04. The fourth-order valence-electron chi connectivity index (χ4n) is 3.54. The second-order valence-corrected chi connectivity index (χ2v) is 7.23. The first-order chi connectivity index (χ1) is 15.4. The number of ether oxygens (including phenoxy) is 2. The molecule has 32 heavy (non-hydrogen) atoms. The van der Waals surface area contributed by atoms with Crippen LogP contribution in [-0.2, 0) is 9.59 Å². The molecule has 0 fully saturated rings. The molecule has 0 radical (unpaired) electrons. The van der Waals surface area contributed by atoms with E-state index in [1.54, 1.807) is 43.5 Å². The van der Waals surface area contributed by atoms with Gasteiger partial charge in [-0.05, 0) is 66.6 Å². The summed E-state index contributed by atoms with van der Waals surface area (Å²) in [6.45, 7) is 1.86. The largest absolute Gasteiger partial charge is 0.497 e. The van der Waals surface area contributed by atoms with Gasteiger partial charge in [-0.3, -0.25) is 9.59 Å². The van der Waals surface area contributed by atoms with E-state index < -0.39 is 17.6 Å². The fourth-order valence-corrected chi connectivity index (χ4v) is 3.54. The first-order valence-corrected chi connectivity index (χ1v) is 9.87. The summed E-state index contributed by atoms with van der Waals surface area (Å²) >= 11 is 0. The van der Waals surface area contributed by atoms with Gasteiger partial charge < -0.3 is 14.8 Å². The average Bonchev–Trinajstić information content (AvgIpc) is 3.04. The first kappa shape index (κ1) is 21.1. The molecule has 4 rings (SSSR count). The molecular formula is C25H21FN2O4. The number of rotatable bonds is 6. The highest BCUT2D eigenvalue weighted by molar-refractivity contribution is 6.46. The van der Waals surface area contributed by atoms with Gasteiger partial charge in [0.15, 0.2) is 0 Å². The molecule has 0 spiro atoms. The molecule has 2 amide bonds. The Bertz CT molecular complexity index is 1220. The van der Waals surface area contributed by atoms with Crippen LogP contribution in [0, 0.1) is 12.7 Å². The van der Waals surface area contributed by atoms with Crippen LogP contribution in [0.3, 0.4) is 0 Å². The van der Waals surface area contributed by atoms with E-state index in [2.05, 4.69) is 5.32 Å². The summed E-state index contributed by atoms with van der Waals surface area (Å²) in [5.41, 5.74) is 2.47. The third-order valence-electron chi connectivity index (χ3n) is 5.15. The second kappa shape index (κ2) is 8.55. The molecule has 1 aliphatic heterocycles. The van der Waals surface area contributed by atoms with E-state index >= 15 is 0 Å². The lowest BCUT2D eigenvalue weighted by Crippen LogP contribution is -2.32. The van der Waals surface area contributed by atoms with Crippen LogP contribution in [0.25, 0.3) is 5.57 Å². The molecule has 3 aromatic rings. The molecule has 0 atom stereocenters. The number of nitrogens with zero attached hydrogens (tertiary/aromatic N) is 1. The van der Waals surface area contributed by atoms with Crippen LogP contribution >= 0.6 is 0 Å². The van der Waals surface area contributed by atoms with Crippen LogP contribution in [0.2, 0.25) is 0 Å². The van der Waals surface area contributed by atoms with E-state index in [1.807, 2.05) is 13.0 Å². The maximum Gasteiger partial charge on any atom is 0.282 e. The summed E-state index contributed by atoms with van der Waals surface area (Å²) in [6.07, 6.45) is 0. The summed E-state index contributed by atoms with van der Waals surface area (Å²) in [4.78, 5) is 28.1. The summed E-state index contributed by atoms with van der Waals surface area (Å²) in [5, 5.41) is 3.06. The minimum Gasteiger partial charge on any atom is -0.497 e. The quantitative estimate of drug-likeness (QED) is 0.579. The maximum absolute atomic E-state index is 13.5. The lowest BCUT2D eigenvalue weighted by atomic mass is 10.0. The van der Waals surface area contributed by atoms with E-state index in [0.717, 1.165) is 10.5 Å². The van der Waals surface area contributed by atoms with Crippen LogP contribution in [0.15, 0.2) is 72.4 Å². The van der Waals surface area contributed by atoms with Crippen molar-refractivity contribution >= 4 is 28.8 Å². The number of imide groups is 1. The molecular weight excluding hydrogens is 411 g/mol. The molecule has 1 aliphatic rings. The number of halogens is 1. The van der Waals surface area contributed by atoms with Gasteiger partial charge in [0.05, 0.1) is 25.5 Å². The predicted octanol–water partition coefficient (Wildman–Crippen LogP) is 4.55. The van der Waals surface area contributed by atoms with Crippen molar-refractivity contribution in [3.8, 4) is 11.5 Å². The summed E-state index contributed by atoms with van der Waals surface area (Å²) in [6, 6.07) is 17.7. The van der Waals surface area contributed by atoms with Gasteiger partial charge in [0, 0.05) is 5.69 Å². The Labute approximate surface area is 184 Å². The number of anilines is 2. The first-order valence-electron chi connectivity index (χ1n) is 9.87. The van der Waals surface area contributed by atoms with Gasteiger partial charge in [0.1, 0.15) is 23.0 Å². The predicted molar refractivity (Wildman–Crippen MR) is 120 cm³/mol. The fraction of sp³-hybridized carbons (Fsp3) is 0.120. The number of nitrogens with one attached hydrogen (secondary N) is 1. The monoisotopic (exact) mass is 432 g/mol. The van der Waals surface area contributed by atoms with E-state index in [1.165, 1.54) is 31.4 Å². The number of methoxy groups -OCH3 is 2. The Balaban J connectivity index is 1.83. The Morgan fingerprint density at radius 1 is 0.844 bits per heavy atom. The van der Waals surface area contributed by atoms with Crippen molar-refractivity contribution in [1.82, 2.24) is 0 Å². The highest BCUT2D eigenvalue weighted by Gasteiger charge is 2.41. The number of aryl methyl sites for hydroxylation is 1. The zero-order chi connectivity index (χ0) is 22.8. The van der Waals surface area contributed by atoms with Gasteiger partial charge in [-0.25, -0.2) is 9.29 Å². The molecule has 0 aromatic heterocycles. The molecule has 0 aliphatic carbocycles. The normalized spacial score (nSPS) is 13.6. The maximum atomic E-state index is 13.5. The smallest absolute Gasteiger partial charge is 0.282 e. The molecule has 3 aromatic carbocycles. The standard InChI is InChI=1S/C25H21FN2O4/c1-15-4-13-21(32-3)20(14-15)28-24(29)22(16-5-7-17(26)8-6-16)23(25(28)30)27-18-9-11-19(31-2)12-10-18/h4-14,27H,1-3H3. The van der Waals surface area contributed by atoms with Gasteiger partial charge in [-0.2, -0.15) is 0 Å². The Kier molecular flexibility index (Phi) is 5.64. The van der Waals surface area contributed by atoms with Crippen molar-refractivity contribution in [3.05, 3.63) is 89.4 Å². The van der Waals surface area contributed by atoms with Crippen molar-refractivity contribution in [3.63, 3.8) is 0 Å². The molecule has 0 bridgehead atoms. The number of hydrogen-bond acceptors (Lipinski definition) is 5. The van der Waals surface area contributed by atoms with E-state index in [9.17, 15) is 14.0 Å². The number of carbonyl (C=O) groups is 2. The number of amides is 2. The minimum atomic E-state index is -0.533. The average molecular weight is 432 g/mol.